The monoisotopic (exact) mass is 282 g/mol. The molecule has 1 aromatic rings. The van der Waals surface area contributed by atoms with Crippen molar-refractivity contribution in [2.45, 2.75) is 31.2 Å². The van der Waals surface area contributed by atoms with Gasteiger partial charge in [-0.25, -0.2) is 8.42 Å². The molecular formula is C14H22N2O2S. The summed E-state index contributed by atoms with van der Waals surface area (Å²) < 4.78 is 23.5. The zero-order valence-electron chi connectivity index (χ0n) is 11.5. The molecule has 1 aromatic carbocycles. The van der Waals surface area contributed by atoms with Gasteiger partial charge in [-0.05, 0) is 36.6 Å². The van der Waals surface area contributed by atoms with E-state index in [2.05, 4.69) is 11.8 Å². The van der Waals surface area contributed by atoms with Gasteiger partial charge in [0.2, 0.25) is 0 Å². The highest BCUT2D eigenvalue weighted by atomic mass is 32.2. The molecule has 4 nitrogen and oxygen atoms in total. The lowest BCUT2D eigenvalue weighted by Crippen LogP contribution is -2.46. The van der Waals surface area contributed by atoms with Gasteiger partial charge in [-0.15, -0.1) is 0 Å². The largest absolute Gasteiger partial charge is 0.370 e. The predicted octanol–water partition coefficient (Wildman–Crippen LogP) is 1.65. The van der Waals surface area contributed by atoms with E-state index in [9.17, 15) is 8.42 Å². The van der Waals surface area contributed by atoms with E-state index in [1.54, 1.807) is 19.1 Å². The number of benzene rings is 1. The van der Waals surface area contributed by atoms with Gasteiger partial charge in [0.15, 0.2) is 9.84 Å². The molecule has 2 unspecified atom stereocenters. The Hall–Kier alpha value is -1.07. The van der Waals surface area contributed by atoms with E-state index in [-0.39, 0.29) is 11.8 Å². The Morgan fingerprint density at radius 3 is 2.42 bits per heavy atom. The molecule has 0 bridgehead atoms. The second-order valence-corrected chi connectivity index (χ2v) is 7.68. The maximum atomic E-state index is 11.8. The molecule has 106 valence electrons. The van der Waals surface area contributed by atoms with Crippen molar-refractivity contribution < 1.29 is 8.42 Å². The zero-order valence-corrected chi connectivity index (χ0v) is 12.4. The van der Waals surface area contributed by atoms with Crippen LogP contribution < -0.4 is 10.6 Å². The second-order valence-electron chi connectivity index (χ2n) is 5.40. The summed E-state index contributed by atoms with van der Waals surface area (Å²) in [5, 5.41) is 0. The molecule has 1 aliphatic rings. The van der Waals surface area contributed by atoms with E-state index in [1.165, 1.54) is 0 Å². The summed E-state index contributed by atoms with van der Waals surface area (Å²) in [5.41, 5.74) is 7.09. The summed E-state index contributed by atoms with van der Waals surface area (Å²) in [6.45, 7) is 5.67. The van der Waals surface area contributed by atoms with Crippen LogP contribution in [0.3, 0.4) is 0 Å². The number of piperidine rings is 1. The molecule has 0 radical (unpaired) electrons. The van der Waals surface area contributed by atoms with Crippen molar-refractivity contribution in [1.29, 1.82) is 0 Å². The molecule has 0 amide bonds. The van der Waals surface area contributed by atoms with E-state index in [1.807, 2.05) is 12.1 Å². The minimum Gasteiger partial charge on any atom is -0.370 e. The number of anilines is 1. The van der Waals surface area contributed by atoms with Gasteiger partial charge in [-0.1, -0.05) is 13.8 Å². The maximum absolute atomic E-state index is 11.8. The molecule has 2 atom stereocenters. The third-order valence-corrected chi connectivity index (χ3v) is 5.38. The van der Waals surface area contributed by atoms with E-state index in [0.29, 0.717) is 10.8 Å². The lowest BCUT2D eigenvalue weighted by molar-refractivity contribution is 0.401. The molecule has 0 aromatic heterocycles. The van der Waals surface area contributed by atoms with Crippen LogP contribution >= 0.6 is 0 Å². The molecule has 1 heterocycles. The van der Waals surface area contributed by atoms with E-state index < -0.39 is 9.84 Å². The normalized spacial score (nSPS) is 24.5. The molecular weight excluding hydrogens is 260 g/mol. The first-order valence-corrected chi connectivity index (χ1v) is 8.41. The molecule has 2 N–H and O–H groups in total. The lowest BCUT2D eigenvalue weighted by atomic mass is 9.96. The summed E-state index contributed by atoms with van der Waals surface area (Å²) in [4.78, 5) is 2.63. The van der Waals surface area contributed by atoms with Gasteiger partial charge in [0.25, 0.3) is 0 Å². The highest BCUT2D eigenvalue weighted by Gasteiger charge is 2.22. The predicted molar refractivity (Wildman–Crippen MR) is 78.1 cm³/mol. The Balaban J connectivity index is 2.19. The topological polar surface area (TPSA) is 63.4 Å². The molecule has 0 spiro atoms. The highest BCUT2D eigenvalue weighted by Crippen LogP contribution is 2.24. The first-order valence-electron chi connectivity index (χ1n) is 6.75. The smallest absolute Gasteiger partial charge is 0.178 e. The van der Waals surface area contributed by atoms with Crippen molar-refractivity contribution in [3.8, 4) is 0 Å². The van der Waals surface area contributed by atoms with Gasteiger partial charge < -0.3 is 10.6 Å². The number of nitrogens with zero attached hydrogens (tertiary/aromatic N) is 1. The fourth-order valence-corrected chi connectivity index (χ4v) is 3.53. The number of sulfone groups is 1. The summed E-state index contributed by atoms with van der Waals surface area (Å²) in [6.07, 6.45) is 1.05. The molecule has 19 heavy (non-hydrogen) atoms. The fraction of sp³-hybridized carbons (Fsp3) is 0.571. The Morgan fingerprint density at radius 2 is 1.89 bits per heavy atom. The number of hydrogen-bond acceptors (Lipinski definition) is 4. The third-order valence-electron chi connectivity index (χ3n) is 3.63. The molecule has 5 heteroatoms. The van der Waals surface area contributed by atoms with E-state index >= 15 is 0 Å². The van der Waals surface area contributed by atoms with Crippen LogP contribution in [0.25, 0.3) is 0 Å². The summed E-state index contributed by atoms with van der Waals surface area (Å²) in [5.74, 6) is 0.709. The minimum absolute atomic E-state index is 0.137. The van der Waals surface area contributed by atoms with E-state index in [4.69, 9.17) is 5.73 Å². The second kappa shape index (κ2) is 5.51. The Kier molecular flexibility index (Phi) is 4.16. The molecule has 1 aliphatic heterocycles. The number of rotatable bonds is 3. The minimum atomic E-state index is -3.11. The third kappa shape index (κ3) is 3.28. The van der Waals surface area contributed by atoms with Crippen LogP contribution in [0.5, 0.6) is 0 Å². The van der Waals surface area contributed by atoms with Gasteiger partial charge >= 0.3 is 0 Å². The van der Waals surface area contributed by atoms with Crippen molar-refractivity contribution in [2.75, 3.05) is 23.7 Å². The van der Waals surface area contributed by atoms with Gasteiger partial charge in [0, 0.05) is 24.8 Å². The van der Waals surface area contributed by atoms with Crippen LogP contribution in [0.4, 0.5) is 5.69 Å². The highest BCUT2D eigenvalue weighted by molar-refractivity contribution is 7.91. The number of nitrogens with two attached hydrogens (primary N) is 1. The van der Waals surface area contributed by atoms with Gasteiger partial charge in [-0.3, -0.25) is 0 Å². The van der Waals surface area contributed by atoms with Gasteiger partial charge in [0.05, 0.1) is 10.6 Å². The van der Waals surface area contributed by atoms with Crippen LogP contribution in [0, 0.1) is 5.92 Å². The average Bonchev–Trinajstić information content (AvgIpc) is 2.38. The number of hydrogen-bond donors (Lipinski definition) is 1. The molecule has 0 saturated carbocycles. The Labute approximate surface area is 115 Å². The SMILES string of the molecule is CCS(=O)(=O)c1ccc(N2CC(C)CC(N)C2)cc1. The van der Waals surface area contributed by atoms with Crippen LogP contribution in [0.15, 0.2) is 29.2 Å². The van der Waals surface area contributed by atoms with E-state index in [0.717, 1.165) is 25.2 Å². The first kappa shape index (κ1) is 14.3. The summed E-state index contributed by atoms with van der Waals surface area (Å²) in [6, 6.07) is 7.35. The Morgan fingerprint density at radius 1 is 1.26 bits per heavy atom. The van der Waals surface area contributed by atoms with Crippen molar-refractivity contribution >= 4 is 15.5 Å². The van der Waals surface area contributed by atoms with Crippen LogP contribution in [-0.4, -0.2) is 33.3 Å². The summed E-state index contributed by atoms with van der Waals surface area (Å²) in [7, 11) is -3.11. The zero-order chi connectivity index (χ0) is 14.0. The average molecular weight is 282 g/mol. The van der Waals surface area contributed by atoms with Crippen LogP contribution in [-0.2, 0) is 9.84 Å². The fourth-order valence-electron chi connectivity index (χ4n) is 2.64. The quantitative estimate of drug-likeness (QED) is 0.915. The molecule has 1 fully saturated rings. The molecule has 0 aliphatic carbocycles. The van der Waals surface area contributed by atoms with Crippen LogP contribution in [0.2, 0.25) is 0 Å². The van der Waals surface area contributed by atoms with Crippen molar-refractivity contribution in [3.05, 3.63) is 24.3 Å². The molecule has 2 rings (SSSR count). The van der Waals surface area contributed by atoms with Crippen LogP contribution in [0.1, 0.15) is 20.3 Å². The van der Waals surface area contributed by atoms with Gasteiger partial charge in [-0.2, -0.15) is 0 Å². The first-order chi connectivity index (χ1) is 8.92. The summed E-state index contributed by atoms with van der Waals surface area (Å²) >= 11 is 0. The standard InChI is InChI=1S/C14H22N2O2S/c1-3-19(17,18)14-6-4-13(5-7-14)16-9-11(2)8-12(15)10-16/h4-7,11-12H,3,8-10,15H2,1-2H3. The maximum Gasteiger partial charge on any atom is 0.178 e. The lowest BCUT2D eigenvalue weighted by Gasteiger charge is -2.36. The van der Waals surface area contributed by atoms with Crippen molar-refractivity contribution in [3.63, 3.8) is 0 Å². The van der Waals surface area contributed by atoms with Crippen molar-refractivity contribution in [1.82, 2.24) is 0 Å². The molecule has 1 saturated heterocycles. The van der Waals surface area contributed by atoms with Crippen molar-refractivity contribution in [2.24, 2.45) is 11.7 Å². The van der Waals surface area contributed by atoms with Gasteiger partial charge in [0.1, 0.15) is 0 Å². The Bertz CT molecular complexity index is 515.